The van der Waals surface area contributed by atoms with Crippen LogP contribution in [0.3, 0.4) is 0 Å². The van der Waals surface area contributed by atoms with E-state index in [0.717, 1.165) is 0 Å². The van der Waals surface area contributed by atoms with E-state index in [1.165, 1.54) is 30.7 Å². The lowest BCUT2D eigenvalue weighted by Crippen LogP contribution is -2.66. The molecule has 1 aromatic heterocycles. The quantitative estimate of drug-likeness (QED) is 0.153. The van der Waals surface area contributed by atoms with Gasteiger partial charge in [0.25, 0.3) is 0 Å². The molecular weight excluding hydrogens is 717 g/mol. The number of Topliss-reactive ketones (excluding diaryl/α,β-unsaturated/α-hetero) is 1. The van der Waals surface area contributed by atoms with Crippen molar-refractivity contribution < 1.29 is 56.2 Å². The highest BCUT2D eigenvalue weighted by molar-refractivity contribution is 6.84. The minimum atomic E-state index is -3.19. The van der Waals surface area contributed by atoms with E-state index in [1.807, 2.05) is 0 Å². The summed E-state index contributed by atoms with van der Waals surface area (Å²) in [4.78, 5) is 64.8. The Morgan fingerprint density at radius 2 is 1.62 bits per heavy atom. The third-order valence-electron chi connectivity index (χ3n) is 9.08. The molecule has 0 aliphatic carbocycles. The zero-order valence-corrected chi connectivity index (χ0v) is 33.8. The molecule has 2 saturated heterocycles. The monoisotopic (exact) mass is 772 g/mol. The number of carboxylic acid groups (broad SMARTS) is 1. The molecule has 2 aliphatic heterocycles. The van der Waals surface area contributed by atoms with Crippen molar-refractivity contribution in [1.29, 1.82) is 0 Å². The van der Waals surface area contributed by atoms with Gasteiger partial charge in [-0.05, 0) is 35.2 Å². The number of aromatic nitrogens is 2. The van der Waals surface area contributed by atoms with Crippen LogP contribution in [0.15, 0.2) is 17.1 Å². The number of hydrogen-bond acceptors (Lipinski definition) is 13. The second-order valence-electron chi connectivity index (χ2n) is 14.3. The number of carboxylic acids is 1. The van der Waals surface area contributed by atoms with Gasteiger partial charge in [0.2, 0.25) is 5.91 Å². The standard InChI is InChI=1S/C33H56N4O13Si2/c1-19(2)51(20(3)4)46-18-26-28(49-52(50-51,21(5)6)22(7)8)29(30(47-26)37-13-11-27(35-24(10)39)36-32(37)42)48-33(43)34-12-14-44-15-16-45-25(31(40)41)17-23(9)38/h11,13,19-22,25-26,28-30H,12,14-18H2,1-10H3,(H,34,43)(H,40,41)(H,35,36,39,42)/t25?,26-,28-,29-,30-/m1/s1. The fourth-order valence-electron chi connectivity index (χ4n) is 6.55. The summed E-state index contributed by atoms with van der Waals surface area (Å²) in [5.74, 6) is -1.90. The number of nitrogens with one attached hydrogen (secondary N) is 2. The van der Waals surface area contributed by atoms with E-state index in [0.29, 0.717) is 0 Å². The minimum absolute atomic E-state index is 0.0214. The number of amides is 2. The molecule has 5 atom stereocenters. The Labute approximate surface area is 306 Å². The Bertz CT molecular complexity index is 1440. The topological polar surface area (TPSA) is 212 Å². The van der Waals surface area contributed by atoms with Crippen LogP contribution in [0, 0.1) is 0 Å². The maximum absolute atomic E-state index is 13.3. The summed E-state index contributed by atoms with van der Waals surface area (Å²) in [5, 5.41) is 14.3. The number of carbonyl (C=O) groups excluding carboxylic acids is 3. The fraction of sp³-hybridized carbons (Fsp3) is 0.758. The molecular formula is C33H56N4O13Si2. The first-order chi connectivity index (χ1) is 24.3. The van der Waals surface area contributed by atoms with Crippen molar-refractivity contribution in [3.05, 3.63) is 22.7 Å². The van der Waals surface area contributed by atoms with Gasteiger partial charge in [-0.1, -0.05) is 55.4 Å². The van der Waals surface area contributed by atoms with Crippen molar-refractivity contribution in [2.45, 2.75) is 128 Å². The summed E-state index contributed by atoms with van der Waals surface area (Å²) in [6.45, 7) is 19.3. The van der Waals surface area contributed by atoms with Crippen LogP contribution in [-0.4, -0.2) is 113 Å². The summed E-state index contributed by atoms with van der Waals surface area (Å²) in [6, 6.07) is 1.45. The van der Waals surface area contributed by atoms with Gasteiger partial charge in [-0.3, -0.25) is 14.2 Å². The highest BCUT2D eigenvalue weighted by atomic mass is 28.5. The van der Waals surface area contributed by atoms with Crippen LogP contribution < -0.4 is 16.3 Å². The van der Waals surface area contributed by atoms with Gasteiger partial charge >= 0.3 is 34.9 Å². The molecule has 0 saturated carbocycles. The van der Waals surface area contributed by atoms with Gasteiger partial charge in [0.15, 0.2) is 18.4 Å². The van der Waals surface area contributed by atoms with Crippen molar-refractivity contribution >= 4 is 46.7 Å². The van der Waals surface area contributed by atoms with Crippen molar-refractivity contribution in [3.8, 4) is 0 Å². The second kappa shape index (κ2) is 18.8. The molecule has 0 bridgehead atoms. The van der Waals surface area contributed by atoms with Crippen LogP contribution in [-0.2, 0) is 46.3 Å². The van der Waals surface area contributed by atoms with E-state index in [1.54, 1.807) is 0 Å². The second-order valence-corrected chi connectivity index (χ2v) is 23.2. The lowest BCUT2D eigenvalue weighted by atomic mass is 10.1. The maximum Gasteiger partial charge on any atom is 0.407 e. The third-order valence-corrected chi connectivity index (χ3v) is 19.3. The summed E-state index contributed by atoms with van der Waals surface area (Å²) < 4.78 is 45.6. The number of carbonyl (C=O) groups is 4. The first kappa shape index (κ1) is 43.4. The predicted molar refractivity (Wildman–Crippen MR) is 192 cm³/mol. The number of fused-ring (bicyclic) bond motifs is 1. The van der Waals surface area contributed by atoms with Crippen molar-refractivity contribution in [2.75, 3.05) is 38.3 Å². The molecule has 17 nitrogen and oxygen atoms in total. The van der Waals surface area contributed by atoms with Gasteiger partial charge in [0.1, 0.15) is 23.8 Å². The van der Waals surface area contributed by atoms with Crippen molar-refractivity contribution in [1.82, 2.24) is 14.9 Å². The Morgan fingerprint density at radius 3 is 2.15 bits per heavy atom. The molecule has 294 valence electrons. The van der Waals surface area contributed by atoms with Crippen LogP contribution in [0.5, 0.6) is 0 Å². The number of rotatable bonds is 17. The first-order valence-corrected chi connectivity index (χ1v) is 21.7. The van der Waals surface area contributed by atoms with Crippen LogP contribution in [0.25, 0.3) is 0 Å². The van der Waals surface area contributed by atoms with Gasteiger partial charge in [-0.15, -0.1) is 0 Å². The van der Waals surface area contributed by atoms with Gasteiger partial charge in [-0.25, -0.2) is 14.4 Å². The van der Waals surface area contributed by atoms with Crippen LogP contribution >= 0.6 is 0 Å². The third kappa shape index (κ3) is 10.5. The van der Waals surface area contributed by atoms with E-state index >= 15 is 0 Å². The number of hydrogen-bond donors (Lipinski definition) is 3. The number of aliphatic carboxylic acids is 1. The largest absolute Gasteiger partial charge is 0.479 e. The van der Waals surface area contributed by atoms with E-state index in [2.05, 4.69) is 71.0 Å². The molecule has 2 amide bonds. The number of alkyl carbamates (subject to hydrolysis) is 1. The average molecular weight is 773 g/mol. The minimum Gasteiger partial charge on any atom is -0.479 e. The lowest BCUT2D eigenvalue weighted by molar-refractivity contribution is -0.153. The summed E-state index contributed by atoms with van der Waals surface area (Å²) in [7, 11) is -6.13. The normalized spacial score (nSPS) is 23.2. The molecule has 3 rings (SSSR count). The zero-order valence-electron chi connectivity index (χ0n) is 31.8. The maximum atomic E-state index is 13.3. The van der Waals surface area contributed by atoms with Crippen LogP contribution in [0.1, 0.15) is 81.9 Å². The van der Waals surface area contributed by atoms with Crippen LogP contribution in [0.4, 0.5) is 10.6 Å². The van der Waals surface area contributed by atoms with Gasteiger partial charge < -0.3 is 47.7 Å². The first-order valence-electron chi connectivity index (χ1n) is 17.7. The molecule has 19 heteroatoms. The highest BCUT2D eigenvalue weighted by Crippen LogP contribution is 2.48. The number of nitrogens with zero attached hydrogens (tertiary/aromatic N) is 2. The van der Waals surface area contributed by atoms with E-state index in [4.69, 9.17) is 31.9 Å². The molecule has 2 fully saturated rings. The number of anilines is 1. The molecule has 3 heterocycles. The molecule has 0 spiro atoms. The Morgan fingerprint density at radius 1 is 0.981 bits per heavy atom. The van der Waals surface area contributed by atoms with Crippen LogP contribution in [0.2, 0.25) is 22.2 Å². The molecule has 0 radical (unpaired) electrons. The van der Waals surface area contributed by atoms with Crippen molar-refractivity contribution in [3.63, 3.8) is 0 Å². The fourth-order valence-corrected chi connectivity index (χ4v) is 17.8. The Hall–Kier alpha value is -3.05. The summed E-state index contributed by atoms with van der Waals surface area (Å²) in [6.07, 6.45) is -4.88. The van der Waals surface area contributed by atoms with Crippen molar-refractivity contribution in [2.24, 2.45) is 0 Å². The lowest BCUT2D eigenvalue weighted by Gasteiger charge is -2.51. The van der Waals surface area contributed by atoms with E-state index < -0.39 is 71.4 Å². The number of ketones is 1. The zero-order chi connectivity index (χ0) is 39.0. The molecule has 0 aromatic carbocycles. The molecule has 52 heavy (non-hydrogen) atoms. The summed E-state index contributed by atoms with van der Waals surface area (Å²) >= 11 is 0. The Balaban J connectivity index is 1.87. The smallest absolute Gasteiger partial charge is 0.407 e. The van der Waals surface area contributed by atoms with Gasteiger partial charge in [0.05, 0.1) is 26.4 Å². The molecule has 1 unspecified atom stereocenters. The van der Waals surface area contributed by atoms with Gasteiger partial charge in [-0.2, -0.15) is 4.98 Å². The highest BCUT2D eigenvalue weighted by Gasteiger charge is 2.62. The number of ether oxygens (including phenoxy) is 4. The molecule has 1 aromatic rings. The van der Waals surface area contributed by atoms with E-state index in [-0.39, 0.29) is 73.2 Å². The molecule has 2 aliphatic rings. The SMILES string of the molecule is CC(=O)CC(OCCOCCNC(=O)O[C@@H]1[C@@H]2O[Si](C(C)C)(C(C)C)O[Si](C(C)C)(C(C)C)OC[C@H]2O[C@H]1n1ccc(NC(C)=O)nc1=O)C(=O)O. The average Bonchev–Trinajstić information content (AvgIpc) is 3.33. The Kier molecular flexibility index (Phi) is 15.7. The summed E-state index contributed by atoms with van der Waals surface area (Å²) in [5.41, 5.74) is -0.668. The predicted octanol–water partition coefficient (Wildman–Crippen LogP) is 3.62. The molecule has 3 N–H and O–H groups in total. The van der Waals surface area contributed by atoms with E-state index in [9.17, 15) is 29.1 Å². The van der Waals surface area contributed by atoms with Gasteiger partial charge in [0, 0.05) is 26.1 Å².